The van der Waals surface area contributed by atoms with Crippen molar-refractivity contribution in [3.63, 3.8) is 0 Å². The van der Waals surface area contributed by atoms with E-state index in [1.165, 1.54) is 11.7 Å². The van der Waals surface area contributed by atoms with Crippen LogP contribution in [0.15, 0.2) is 53.3 Å². The third-order valence-electron chi connectivity index (χ3n) is 5.21. The summed E-state index contributed by atoms with van der Waals surface area (Å²) in [6.07, 6.45) is 1.61. The van der Waals surface area contributed by atoms with E-state index in [0.29, 0.717) is 29.4 Å². The summed E-state index contributed by atoms with van der Waals surface area (Å²) in [6.45, 7) is 4.72. The fourth-order valence-corrected chi connectivity index (χ4v) is 3.54. The number of benzene rings is 2. The van der Waals surface area contributed by atoms with Gasteiger partial charge in [-0.1, -0.05) is 25.5 Å². The van der Waals surface area contributed by atoms with E-state index in [2.05, 4.69) is 15.0 Å². The molecule has 176 valence electrons. The maximum atomic E-state index is 13.0. The van der Waals surface area contributed by atoms with Crippen LogP contribution in [0.25, 0.3) is 28.2 Å². The van der Waals surface area contributed by atoms with Crippen molar-refractivity contribution in [3.8, 4) is 28.6 Å². The Labute approximate surface area is 196 Å². The minimum atomic E-state index is -0.624. The summed E-state index contributed by atoms with van der Waals surface area (Å²) in [7, 11) is 1.52. The van der Waals surface area contributed by atoms with E-state index in [9.17, 15) is 9.59 Å². The molecule has 2 aromatic heterocycles. The van der Waals surface area contributed by atoms with Gasteiger partial charge in [0.25, 0.3) is 0 Å². The third-order valence-corrected chi connectivity index (χ3v) is 5.21. The Morgan fingerprint density at radius 2 is 1.82 bits per heavy atom. The van der Waals surface area contributed by atoms with Crippen molar-refractivity contribution in [3.05, 3.63) is 64.7 Å². The number of hydrogen-bond acceptors (Lipinski definition) is 7. The molecule has 34 heavy (non-hydrogen) atoms. The molecule has 4 rings (SSSR count). The van der Waals surface area contributed by atoms with Gasteiger partial charge in [0.2, 0.25) is 0 Å². The highest BCUT2D eigenvalue weighted by Gasteiger charge is 2.23. The number of carbonyl (C=O) groups is 1. The van der Waals surface area contributed by atoms with Crippen molar-refractivity contribution in [1.29, 1.82) is 0 Å². The molecule has 0 atom stereocenters. The molecule has 0 fully saturated rings. The molecule has 0 amide bonds. The number of aromatic nitrogens is 4. The highest BCUT2D eigenvalue weighted by atomic mass is 16.5. The molecule has 0 spiro atoms. The molecule has 9 heteroatoms. The highest BCUT2D eigenvalue weighted by molar-refractivity contribution is 6.00. The monoisotopic (exact) mass is 462 g/mol. The maximum Gasteiger partial charge on any atom is 0.359 e. The number of esters is 1. The van der Waals surface area contributed by atoms with Crippen molar-refractivity contribution in [1.82, 2.24) is 19.5 Å². The Hall–Kier alpha value is -4.14. The predicted molar refractivity (Wildman–Crippen MR) is 128 cm³/mol. The number of fused-ring (bicyclic) bond motifs is 1. The smallest absolute Gasteiger partial charge is 0.359 e. The number of aromatic amines is 1. The van der Waals surface area contributed by atoms with Crippen molar-refractivity contribution in [2.45, 2.75) is 26.7 Å². The highest BCUT2D eigenvalue weighted by Crippen LogP contribution is 2.27. The van der Waals surface area contributed by atoms with E-state index in [4.69, 9.17) is 14.2 Å². The second-order valence-electron chi connectivity index (χ2n) is 7.48. The van der Waals surface area contributed by atoms with E-state index in [0.717, 1.165) is 12.8 Å². The maximum absolute atomic E-state index is 13.0. The molecular weight excluding hydrogens is 436 g/mol. The Bertz CT molecular complexity index is 1360. The molecule has 1 N–H and O–H groups in total. The number of methoxy groups -OCH3 is 1. The normalized spacial score (nSPS) is 10.9. The molecule has 0 radical (unpaired) electrons. The second kappa shape index (κ2) is 10.2. The van der Waals surface area contributed by atoms with Gasteiger partial charge in [0.15, 0.2) is 17.2 Å². The van der Waals surface area contributed by atoms with Gasteiger partial charge < -0.3 is 19.2 Å². The first-order valence-corrected chi connectivity index (χ1v) is 11.1. The van der Waals surface area contributed by atoms with E-state index in [1.807, 2.05) is 13.8 Å². The van der Waals surface area contributed by atoms with Gasteiger partial charge in [0.1, 0.15) is 17.0 Å². The topological polar surface area (TPSA) is 108 Å². The lowest BCUT2D eigenvalue weighted by Gasteiger charge is -2.11. The lowest BCUT2D eigenvalue weighted by atomic mass is 10.2. The van der Waals surface area contributed by atoms with Crippen LogP contribution in [-0.2, 0) is 4.74 Å². The van der Waals surface area contributed by atoms with Crippen molar-refractivity contribution < 1.29 is 19.0 Å². The first kappa shape index (κ1) is 23.0. The summed E-state index contributed by atoms with van der Waals surface area (Å²) >= 11 is 0. The number of rotatable bonds is 9. The summed E-state index contributed by atoms with van der Waals surface area (Å²) in [4.78, 5) is 37.8. The number of carbonyl (C=O) groups excluding carboxylic acids is 1. The van der Waals surface area contributed by atoms with Crippen LogP contribution in [-0.4, -0.2) is 45.8 Å². The molecule has 4 aromatic rings. The van der Waals surface area contributed by atoms with Crippen LogP contribution < -0.4 is 15.2 Å². The van der Waals surface area contributed by atoms with Crippen LogP contribution in [0.1, 0.15) is 37.2 Å². The Balaban J connectivity index is 1.92. The summed E-state index contributed by atoms with van der Waals surface area (Å²) in [5, 5.41) is 0. The van der Waals surface area contributed by atoms with Gasteiger partial charge in [-0.05, 0) is 49.7 Å². The van der Waals surface area contributed by atoms with Crippen LogP contribution in [0.4, 0.5) is 0 Å². The van der Waals surface area contributed by atoms with Crippen LogP contribution in [0.5, 0.6) is 11.5 Å². The first-order chi connectivity index (χ1) is 16.6. The van der Waals surface area contributed by atoms with Gasteiger partial charge in [0, 0.05) is 5.56 Å². The molecule has 0 bridgehead atoms. The minimum Gasteiger partial charge on any atom is -0.495 e. The molecule has 2 aromatic carbocycles. The summed E-state index contributed by atoms with van der Waals surface area (Å²) in [5.74, 6) is 0.847. The molecule has 0 aliphatic rings. The second-order valence-corrected chi connectivity index (χ2v) is 7.48. The van der Waals surface area contributed by atoms with E-state index in [-0.39, 0.29) is 29.3 Å². The molecule has 0 aliphatic heterocycles. The lowest BCUT2D eigenvalue weighted by Crippen LogP contribution is -2.15. The first-order valence-electron chi connectivity index (χ1n) is 11.1. The zero-order valence-corrected chi connectivity index (χ0v) is 19.3. The largest absolute Gasteiger partial charge is 0.495 e. The Morgan fingerprint density at radius 1 is 1.06 bits per heavy atom. The number of nitrogens with zero attached hydrogens (tertiary/aromatic N) is 3. The Kier molecular flexibility index (Phi) is 6.91. The number of unbranched alkanes of at least 4 members (excludes halogenated alkanes) is 1. The fourth-order valence-electron chi connectivity index (χ4n) is 3.54. The van der Waals surface area contributed by atoms with Gasteiger partial charge in [-0.3, -0.25) is 0 Å². The summed E-state index contributed by atoms with van der Waals surface area (Å²) < 4.78 is 17.7. The molecule has 0 aliphatic carbocycles. The number of H-pyrrole nitrogens is 1. The zero-order chi connectivity index (χ0) is 24.1. The van der Waals surface area contributed by atoms with Crippen LogP contribution in [0, 0.1) is 0 Å². The minimum absolute atomic E-state index is 0.00395. The summed E-state index contributed by atoms with van der Waals surface area (Å²) in [5.41, 5.74) is 1.12. The number of ether oxygens (including phenoxy) is 3. The molecule has 2 heterocycles. The number of nitrogens with one attached hydrogen (secondary N) is 1. The van der Waals surface area contributed by atoms with E-state index < -0.39 is 11.7 Å². The molecule has 0 saturated carbocycles. The fraction of sp³-hybridized carbons (Fsp3) is 0.280. The number of imidazole rings is 1. The van der Waals surface area contributed by atoms with Gasteiger partial charge in [-0.25, -0.2) is 24.1 Å². The van der Waals surface area contributed by atoms with E-state index in [1.54, 1.807) is 48.5 Å². The third kappa shape index (κ3) is 4.50. The molecule has 9 nitrogen and oxygen atoms in total. The zero-order valence-electron chi connectivity index (χ0n) is 19.3. The van der Waals surface area contributed by atoms with E-state index >= 15 is 0 Å². The average molecular weight is 463 g/mol. The molecule has 0 saturated heterocycles. The van der Waals surface area contributed by atoms with Crippen molar-refractivity contribution in [2.24, 2.45) is 0 Å². The van der Waals surface area contributed by atoms with Gasteiger partial charge in [-0.2, -0.15) is 0 Å². The predicted octanol–water partition coefficient (Wildman–Crippen LogP) is 4.14. The molecule has 0 unspecified atom stereocenters. The van der Waals surface area contributed by atoms with Gasteiger partial charge in [-0.15, -0.1) is 0 Å². The Morgan fingerprint density at radius 3 is 2.53 bits per heavy atom. The van der Waals surface area contributed by atoms with Crippen molar-refractivity contribution in [2.75, 3.05) is 20.3 Å². The molecular formula is C25H26N4O5. The number of hydrogen-bond donors (Lipinski definition) is 1. The van der Waals surface area contributed by atoms with Crippen LogP contribution in [0.3, 0.4) is 0 Å². The lowest BCUT2D eigenvalue weighted by molar-refractivity contribution is 0.0495. The van der Waals surface area contributed by atoms with Crippen LogP contribution >= 0.6 is 0 Å². The standard InChI is InChI=1S/C25H26N4O5/c1-4-6-15-34-24(30)21-20-23(28-22(26-21)16-11-13-17(14-12-16)33-5-2)29(25(31)27-20)18-9-7-8-10-19(18)32-3/h7-14H,4-6,15H2,1-3H3,(H,27,31). The van der Waals surface area contributed by atoms with Crippen molar-refractivity contribution >= 4 is 17.1 Å². The average Bonchev–Trinajstić information content (AvgIpc) is 3.19. The van der Waals surface area contributed by atoms with Gasteiger partial charge in [0.05, 0.1) is 26.0 Å². The van der Waals surface area contributed by atoms with Gasteiger partial charge >= 0.3 is 11.7 Å². The quantitative estimate of drug-likeness (QED) is 0.294. The number of para-hydroxylation sites is 2. The summed E-state index contributed by atoms with van der Waals surface area (Å²) in [6, 6.07) is 14.3. The SMILES string of the molecule is CCCCOC(=O)c1nc(-c2ccc(OCC)cc2)nc2c1[nH]c(=O)n2-c1ccccc1OC. The van der Waals surface area contributed by atoms with Crippen LogP contribution in [0.2, 0.25) is 0 Å².